The zero-order valence-corrected chi connectivity index (χ0v) is 11.1. The maximum Gasteiger partial charge on any atom is 0.273 e. The van der Waals surface area contributed by atoms with Crippen molar-refractivity contribution in [3.05, 3.63) is 35.3 Å². The minimum Gasteiger partial charge on any atom is -0.341 e. The van der Waals surface area contributed by atoms with Crippen molar-refractivity contribution in [2.75, 3.05) is 5.32 Å². The van der Waals surface area contributed by atoms with Crippen LogP contribution in [0.3, 0.4) is 0 Å². The quantitative estimate of drug-likeness (QED) is 0.874. The molecule has 2 N–H and O–H groups in total. The third-order valence-corrected chi connectivity index (χ3v) is 3.05. The summed E-state index contributed by atoms with van der Waals surface area (Å²) in [7, 11) is 0. The van der Waals surface area contributed by atoms with Gasteiger partial charge in [0, 0.05) is 23.5 Å². The summed E-state index contributed by atoms with van der Waals surface area (Å²) < 4.78 is 1.93. The molecular weight excluding hydrogens is 228 g/mol. The van der Waals surface area contributed by atoms with Gasteiger partial charge in [0.1, 0.15) is 5.69 Å². The number of hydrogen-bond donors (Lipinski definition) is 2. The fraction of sp³-hybridized carbons (Fsp3) is 0.385. The summed E-state index contributed by atoms with van der Waals surface area (Å²) in [6.45, 7) is 7.94. The number of aromatic amines is 1. The second-order valence-corrected chi connectivity index (χ2v) is 4.67. The monoisotopic (exact) mass is 246 g/mol. The fourth-order valence-corrected chi connectivity index (χ4v) is 1.81. The van der Waals surface area contributed by atoms with Crippen LogP contribution in [-0.2, 0) is 0 Å². The van der Waals surface area contributed by atoms with E-state index < -0.39 is 0 Å². The summed E-state index contributed by atoms with van der Waals surface area (Å²) in [5.41, 5.74) is 2.57. The van der Waals surface area contributed by atoms with E-state index in [1.54, 1.807) is 0 Å². The van der Waals surface area contributed by atoms with Crippen LogP contribution in [0, 0.1) is 13.8 Å². The van der Waals surface area contributed by atoms with Gasteiger partial charge in [-0.05, 0) is 39.8 Å². The highest BCUT2D eigenvalue weighted by Gasteiger charge is 2.15. The van der Waals surface area contributed by atoms with Crippen molar-refractivity contribution >= 4 is 11.7 Å². The van der Waals surface area contributed by atoms with Gasteiger partial charge in [-0.2, -0.15) is 5.10 Å². The molecule has 2 aromatic rings. The van der Waals surface area contributed by atoms with E-state index in [1.807, 2.05) is 50.6 Å². The van der Waals surface area contributed by atoms with E-state index in [-0.39, 0.29) is 11.9 Å². The van der Waals surface area contributed by atoms with E-state index in [4.69, 9.17) is 0 Å². The summed E-state index contributed by atoms with van der Waals surface area (Å²) in [6, 6.07) is 3.93. The van der Waals surface area contributed by atoms with E-state index in [0.29, 0.717) is 11.5 Å². The van der Waals surface area contributed by atoms with E-state index in [9.17, 15) is 4.79 Å². The molecule has 0 aliphatic heterocycles. The van der Waals surface area contributed by atoms with Crippen LogP contribution in [0.5, 0.6) is 0 Å². The molecule has 2 aromatic heterocycles. The Morgan fingerprint density at radius 3 is 2.72 bits per heavy atom. The zero-order valence-electron chi connectivity index (χ0n) is 11.1. The smallest absolute Gasteiger partial charge is 0.273 e. The predicted octanol–water partition coefficient (Wildman–Crippen LogP) is 2.66. The molecule has 2 rings (SSSR count). The molecule has 0 atom stereocenters. The van der Waals surface area contributed by atoms with E-state index in [1.165, 1.54) is 0 Å². The second-order valence-electron chi connectivity index (χ2n) is 4.67. The van der Waals surface area contributed by atoms with Crippen molar-refractivity contribution in [2.24, 2.45) is 0 Å². The molecule has 0 saturated carbocycles. The highest BCUT2D eigenvalue weighted by atomic mass is 16.2. The Morgan fingerprint density at radius 1 is 1.44 bits per heavy atom. The van der Waals surface area contributed by atoms with Crippen molar-refractivity contribution in [3.63, 3.8) is 0 Å². The van der Waals surface area contributed by atoms with Gasteiger partial charge in [0.25, 0.3) is 5.91 Å². The van der Waals surface area contributed by atoms with Crippen LogP contribution in [0.25, 0.3) is 0 Å². The van der Waals surface area contributed by atoms with Crippen molar-refractivity contribution in [3.8, 4) is 0 Å². The highest BCUT2D eigenvalue weighted by molar-refractivity contribution is 6.03. The summed E-state index contributed by atoms with van der Waals surface area (Å²) >= 11 is 0. The third-order valence-electron chi connectivity index (χ3n) is 3.05. The molecule has 2 heterocycles. The molecular formula is C13H18N4O. The molecule has 18 heavy (non-hydrogen) atoms. The summed E-state index contributed by atoms with van der Waals surface area (Å²) in [6.07, 6.45) is 1.90. The van der Waals surface area contributed by atoms with Crippen LogP contribution in [0.15, 0.2) is 18.3 Å². The summed E-state index contributed by atoms with van der Waals surface area (Å²) in [5, 5.41) is 9.75. The molecule has 0 unspecified atom stereocenters. The van der Waals surface area contributed by atoms with Crippen molar-refractivity contribution in [1.29, 1.82) is 0 Å². The van der Waals surface area contributed by atoms with Gasteiger partial charge in [-0.15, -0.1) is 0 Å². The van der Waals surface area contributed by atoms with Crippen LogP contribution >= 0.6 is 0 Å². The van der Waals surface area contributed by atoms with Crippen molar-refractivity contribution in [2.45, 2.75) is 33.7 Å². The first kappa shape index (κ1) is 12.4. The van der Waals surface area contributed by atoms with Crippen LogP contribution in [-0.4, -0.2) is 20.7 Å². The number of carbonyl (C=O) groups is 1. The van der Waals surface area contributed by atoms with E-state index >= 15 is 0 Å². The maximum atomic E-state index is 12.2. The lowest BCUT2D eigenvalue weighted by Gasteiger charge is -2.12. The highest BCUT2D eigenvalue weighted by Crippen LogP contribution is 2.16. The van der Waals surface area contributed by atoms with Gasteiger partial charge >= 0.3 is 0 Å². The van der Waals surface area contributed by atoms with Gasteiger partial charge in [-0.1, -0.05) is 0 Å². The second kappa shape index (κ2) is 4.68. The first-order valence-electron chi connectivity index (χ1n) is 6.00. The number of hydrogen-bond acceptors (Lipinski definition) is 2. The molecule has 0 radical (unpaired) electrons. The standard InChI is InChI=1S/C13H18N4O/c1-8(2)17-7-5-6-11(17)13(18)14-12-9(3)10(4)15-16-12/h5-8H,1-4H3,(H2,14,15,16,18). The third kappa shape index (κ3) is 2.16. The average Bonchev–Trinajstić information content (AvgIpc) is 2.91. The summed E-state index contributed by atoms with van der Waals surface area (Å²) in [4.78, 5) is 12.2. The molecule has 1 amide bonds. The Labute approximate surface area is 106 Å². The number of anilines is 1. The zero-order chi connectivity index (χ0) is 13.3. The topological polar surface area (TPSA) is 62.7 Å². The number of carbonyl (C=O) groups excluding carboxylic acids is 1. The van der Waals surface area contributed by atoms with E-state index in [2.05, 4.69) is 15.5 Å². The average molecular weight is 246 g/mol. The Morgan fingerprint density at radius 2 is 2.17 bits per heavy atom. The van der Waals surface area contributed by atoms with Crippen LogP contribution in [0.2, 0.25) is 0 Å². The number of aryl methyl sites for hydroxylation is 1. The molecule has 0 aromatic carbocycles. The van der Waals surface area contributed by atoms with Crippen LogP contribution < -0.4 is 5.32 Å². The van der Waals surface area contributed by atoms with Crippen molar-refractivity contribution in [1.82, 2.24) is 14.8 Å². The Kier molecular flexibility index (Phi) is 3.23. The fourth-order valence-electron chi connectivity index (χ4n) is 1.81. The van der Waals surface area contributed by atoms with Gasteiger partial charge in [0.05, 0.1) is 0 Å². The number of nitrogens with one attached hydrogen (secondary N) is 2. The minimum absolute atomic E-state index is 0.136. The predicted molar refractivity (Wildman–Crippen MR) is 70.8 cm³/mol. The van der Waals surface area contributed by atoms with Gasteiger partial charge in [0.15, 0.2) is 5.82 Å². The molecule has 0 fully saturated rings. The number of rotatable bonds is 3. The van der Waals surface area contributed by atoms with E-state index in [0.717, 1.165) is 11.3 Å². The molecule has 0 bridgehead atoms. The normalized spacial score (nSPS) is 10.9. The Bertz CT molecular complexity index is 565. The van der Waals surface area contributed by atoms with Crippen molar-refractivity contribution < 1.29 is 4.79 Å². The molecule has 0 aliphatic carbocycles. The first-order chi connectivity index (χ1) is 8.50. The number of aromatic nitrogens is 3. The first-order valence-corrected chi connectivity index (χ1v) is 6.00. The largest absolute Gasteiger partial charge is 0.341 e. The minimum atomic E-state index is -0.136. The number of nitrogens with zero attached hydrogens (tertiary/aromatic N) is 2. The summed E-state index contributed by atoms with van der Waals surface area (Å²) in [5.74, 6) is 0.456. The molecule has 96 valence electrons. The molecule has 5 heteroatoms. The Balaban J connectivity index is 2.22. The lowest BCUT2D eigenvalue weighted by atomic mass is 10.2. The van der Waals surface area contributed by atoms with Gasteiger partial charge in [-0.25, -0.2) is 0 Å². The lowest BCUT2D eigenvalue weighted by Crippen LogP contribution is -2.18. The van der Waals surface area contributed by atoms with Crippen LogP contribution in [0.4, 0.5) is 5.82 Å². The number of H-pyrrole nitrogens is 1. The Hall–Kier alpha value is -2.04. The lowest BCUT2D eigenvalue weighted by molar-refractivity contribution is 0.101. The maximum absolute atomic E-state index is 12.2. The number of amides is 1. The van der Waals surface area contributed by atoms with Gasteiger partial charge < -0.3 is 9.88 Å². The van der Waals surface area contributed by atoms with Crippen LogP contribution in [0.1, 0.15) is 41.6 Å². The molecule has 0 saturated heterocycles. The van der Waals surface area contributed by atoms with Gasteiger partial charge in [-0.3, -0.25) is 9.89 Å². The SMILES string of the molecule is Cc1[nH]nc(NC(=O)c2cccn2C(C)C)c1C. The molecule has 0 spiro atoms. The molecule has 0 aliphatic rings. The van der Waals surface area contributed by atoms with Gasteiger partial charge in [0.2, 0.25) is 0 Å². The molecule has 5 nitrogen and oxygen atoms in total.